The van der Waals surface area contributed by atoms with Gasteiger partial charge in [-0.3, -0.25) is 9.69 Å². The topological polar surface area (TPSA) is 73.4 Å². The molecule has 11 heteroatoms. The molecular weight excluding hydrogens is 515 g/mol. The highest BCUT2D eigenvalue weighted by atomic mass is 35.5. The van der Waals surface area contributed by atoms with Crippen LogP contribution in [0.4, 0.5) is 23.0 Å². The Morgan fingerprint density at radius 1 is 1.12 bits per heavy atom. The monoisotopic (exact) mass is 536 g/mol. The number of hydrogen-bond donors (Lipinski definition) is 2. The molecule has 7 nitrogen and oxygen atoms in total. The van der Waals surface area contributed by atoms with Gasteiger partial charge in [-0.2, -0.15) is 0 Å². The highest BCUT2D eigenvalue weighted by Crippen LogP contribution is 2.39. The van der Waals surface area contributed by atoms with Gasteiger partial charge in [0.2, 0.25) is 5.95 Å². The van der Waals surface area contributed by atoms with E-state index in [0.29, 0.717) is 38.1 Å². The third-order valence-electron chi connectivity index (χ3n) is 5.68. The van der Waals surface area contributed by atoms with Gasteiger partial charge in [0.1, 0.15) is 5.03 Å². The van der Waals surface area contributed by atoms with E-state index < -0.39 is 0 Å². The van der Waals surface area contributed by atoms with Crippen LogP contribution in [0.25, 0.3) is 0 Å². The number of nitrogens with zero attached hydrogens (tertiary/aromatic N) is 4. The molecule has 3 aromatic rings. The lowest BCUT2D eigenvalue weighted by atomic mass is 10.1. The summed E-state index contributed by atoms with van der Waals surface area (Å²) in [6, 6.07) is 11.4. The number of aromatic nitrogens is 2. The molecular formula is C23H23Cl3N6OS. The quantitative estimate of drug-likeness (QED) is 0.433. The van der Waals surface area contributed by atoms with Crippen molar-refractivity contribution in [3.8, 4) is 0 Å². The second kappa shape index (κ2) is 10.6. The van der Waals surface area contributed by atoms with E-state index in [-0.39, 0.29) is 18.3 Å². The highest BCUT2D eigenvalue weighted by molar-refractivity contribution is 7.99. The molecule has 0 spiro atoms. The molecule has 2 N–H and O–H groups in total. The molecule has 3 heterocycles. The summed E-state index contributed by atoms with van der Waals surface area (Å²) in [6.07, 6.45) is 1.55. The van der Waals surface area contributed by atoms with Gasteiger partial charge in [0.15, 0.2) is 0 Å². The number of fused-ring (bicyclic) bond motifs is 1. The zero-order chi connectivity index (χ0) is 22.9. The number of carbonyl (C=O) groups excluding carboxylic acids is 1. The van der Waals surface area contributed by atoms with Crippen molar-refractivity contribution in [3.63, 3.8) is 0 Å². The zero-order valence-corrected chi connectivity index (χ0v) is 21.5. The lowest BCUT2D eigenvalue weighted by Gasteiger charge is -2.31. The molecule has 1 aromatic heterocycles. The van der Waals surface area contributed by atoms with E-state index in [1.165, 1.54) is 23.0 Å². The Kier molecular flexibility index (Phi) is 7.74. The molecule has 178 valence electrons. The summed E-state index contributed by atoms with van der Waals surface area (Å²) in [5, 5.41) is 8.14. The number of nitrogens with one attached hydrogen (secondary N) is 2. The van der Waals surface area contributed by atoms with Crippen molar-refractivity contribution in [2.45, 2.75) is 11.9 Å². The number of halogens is 3. The van der Waals surface area contributed by atoms with Gasteiger partial charge in [-0.15, -0.1) is 12.4 Å². The Labute approximate surface area is 218 Å². The molecule has 0 saturated carbocycles. The summed E-state index contributed by atoms with van der Waals surface area (Å²) in [6.45, 7) is 6.11. The molecule has 1 fully saturated rings. The van der Waals surface area contributed by atoms with Gasteiger partial charge in [0.25, 0.3) is 5.91 Å². The molecule has 0 aliphatic carbocycles. The van der Waals surface area contributed by atoms with Crippen molar-refractivity contribution in [2.24, 2.45) is 0 Å². The molecule has 1 amide bonds. The number of anilines is 4. The fourth-order valence-electron chi connectivity index (χ4n) is 4.05. The fraction of sp³-hybridized carbons (Fsp3) is 0.261. The predicted octanol–water partition coefficient (Wildman–Crippen LogP) is 5.38. The molecule has 5 rings (SSSR count). The van der Waals surface area contributed by atoms with Gasteiger partial charge in [-0.05, 0) is 42.8 Å². The largest absolute Gasteiger partial charge is 0.369 e. The first-order valence-corrected chi connectivity index (χ1v) is 12.3. The van der Waals surface area contributed by atoms with Crippen molar-refractivity contribution in [1.82, 2.24) is 15.3 Å². The van der Waals surface area contributed by atoms with Crippen molar-refractivity contribution in [3.05, 3.63) is 63.8 Å². The Morgan fingerprint density at radius 3 is 2.56 bits per heavy atom. The van der Waals surface area contributed by atoms with E-state index in [9.17, 15) is 4.79 Å². The minimum atomic E-state index is -0.221. The molecule has 2 aliphatic heterocycles. The van der Waals surface area contributed by atoms with E-state index in [0.717, 1.165) is 31.9 Å². The van der Waals surface area contributed by atoms with E-state index >= 15 is 0 Å². The Balaban J connectivity index is 0.00000274. The molecule has 2 aromatic carbocycles. The summed E-state index contributed by atoms with van der Waals surface area (Å²) >= 11 is 14.1. The zero-order valence-electron chi connectivity index (χ0n) is 18.3. The lowest BCUT2D eigenvalue weighted by molar-refractivity contribution is 0.0985. The minimum Gasteiger partial charge on any atom is -0.369 e. The van der Waals surface area contributed by atoms with Crippen LogP contribution in [0.5, 0.6) is 0 Å². The number of carbonyl (C=O) groups is 1. The molecule has 1 saturated heterocycles. The third-order valence-corrected chi connectivity index (χ3v) is 7.26. The van der Waals surface area contributed by atoms with Crippen LogP contribution < -0.4 is 20.4 Å². The number of piperazine rings is 1. The lowest BCUT2D eigenvalue weighted by Crippen LogP contribution is -2.43. The first-order valence-electron chi connectivity index (χ1n) is 10.6. The minimum absolute atomic E-state index is 0. The van der Waals surface area contributed by atoms with E-state index in [1.54, 1.807) is 29.3 Å². The number of benzene rings is 2. The molecule has 0 radical (unpaired) electrons. The van der Waals surface area contributed by atoms with Crippen molar-refractivity contribution >= 4 is 76.3 Å². The summed E-state index contributed by atoms with van der Waals surface area (Å²) in [7, 11) is 0. The second-order valence-electron chi connectivity index (χ2n) is 7.85. The van der Waals surface area contributed by atoms with Gasteiger partial charge in [-0.1, -0.05) is 41.0 Å². The molecule has 0 atom stereocenters. The summed E-state index contributed by atoms with van der Waals surface area (Å²) in [4.78, 5) is 26.0. The highest BCUT2D eigenvalue weighted by Gasteiger charge is 2.30. The first-order chi connectivity index (χ1) is 16.0. The summed E-state index contributed by atoms with van der Waals surface area (Å²) in [5.41, 5.74) is 4.27. The standard InChI is InChI=1S/C23H22Cl2N6OS.ClH/c1-14-11-15(5-6-19(14)30-9-7-26-8-10-30)28-23-27-12-16-21(29-23)33-13-31(22(16)32)20-17(24)3-2-4-18(20)25;/h2-6,11-12,26H,7-10,13H2,1H3,(H,27,28,29);1H. The number of amides is 1. The number of para-hydroxylation sites is 1. The Bertz CT molecular complexity index is 1200. The summed E-state index contributed by atoms with van der Waals surface area (Å²) < 4.78 is 0. The van der Waals surface area contributed by atoms with Gasteiger partial charge < -0.3 is 15.5 Å². The Hall–Kier alpha value is -2.23. The number of aryl methyl sites for hydroxylation is 1. The molecule has 2 aliphatic rings. The molecule has 34 heavy (non-hydrogen) atoms. The van der Waals surface area contributed by atoms with Crippen LogP contribution in [-0.4, -0.2) is 47.9 Å². The maximum absolute atomic E-state index is 13.1. The van der Waals surface area contributed by atoms with Crippen LogP contribution in [-0.2, 0) is 0 Å². The smallest absolute Gasteiger partial charge is 0.263 e. The van der Waals surface area contributed by atoms with E-state index in [4.69, 9.17) is 23.2 Å². The van der Waals surface area contributed by atoms with Crippen LogP contribution in [0.2, 0.25) is 10.0 Å². The van der Waals surface area contributed by atoms with Crippen LogP contribution in [0.1, 0.15) is 15.9 Å². The molecule has 0 bridgehead atoms. The average Bonchev–Trinajstić information content (AvgIpc) is 2.81. The van der Waals surface area contributed by atoms with Crippen molar-refractivity contribution in [1.29, 1.82) is 0 Å². The molecule has 0 unspecified atom stereocenters. The first kappa shape index (κ1) is 24.9. The summed E-state index contributed by atoms with van der Waals surface area (Å²) in [5.74, 6) is 0.596. The van der Waals surface area contributed by atoms with Crippen molar-refractivity contribution in [2.75, 3.05) is 47.2 Å². The average molecular weight is 538 g/mol. The van der Waals surface area contributed by atoms with Crippen LogP contribution >= 0.6 is 47.4 Å². The number of rotatable bonds is 4. The van der Waals surface area contributed by atoms with Gasteiger partial charge in [0, 0.05) is 43.8 Å². The second-order valence-corrected chi connectivity index (χ2v) is 9.60. The van der Waals surface area contributed by atoms with E-state index in [1.807, 2.05) is 6.07 Å². The SMILES string of the molecule is Cc1cc(Nc2ncc3c(n2)SCN(c2c(Cl)cccc2Cl)C3=O)ccc1N1CCNCC1.Cl. The van der Waals surface area contributed by atoms with E-state index in [2.05, 4.69) is 44.6 Å². The number of thioether (sulfide) groups is 1. The van der Waals surface area contributed by atoms with Gasteiger partial charge in [-0.25, -0.2) is 9.97 Å². The van der Waals surface area contributed by atoms with Crippen LogP contribution in [0, 0.1) is 6.92 Å². The van der Waals surface area contributed by atoms with Gasteiger partial charge in [0.05, 0.1) is 27.2 Å². The maximum Gasteiger partial charge on any atom is 0.263 e. The Morgan fingerprint density at radius 2 is 1.85 bits per heavy atom. The maximum atomic E-state index is 13.1. The van der Waals surface area contributed by atoms with Crippen LogP contribution in [0.3, 0.4) is 0 Å². The number of hydrogen-bond acceptors (Lipinski definition) is 7. The van der Waals surface area contributed by atoms with Crippen molar-refractivity contribution < 1.29 is 4.79 Å². The van der Waals surface area contributed by atoms with Crippen LogP contribution in [0.15, 0.2) is 47.6 Å². The van der Waals surface area contributed by atoms with Gasteiger partial charge >= 0.3 is 0 Å². The normalized spacial score (nSPS) is 15.6. The third kappa shape index (κ3) is 4.92. The predicted molar refractivity (Wildman–Crippen MR) is 143 cm³/mol. The fourth-order valence-corrected chi connectivity index (χ4v) is 5.59.